The van der Waals surface area contributed by atoms with Crippen molar-refractivity contribution < 1.29 is 9.59 Å². The highest BCUT2D eigenvalue weighted by Gasteiger charge is 2.51. The Morgan fingerprint density at radius 1 is 1.04 bits per heavy atom. The second-order valence-electron chi connectivity index (χ2n) is 8.40. The van der Waals surface area contributed by atoms with Crippen LogP contribution in [0.25, 0.3) is 0 Å². The van der Waals surface area contributed by atoms with Crippen LogP contribution in [0.2, 0.25) is 0 Å². The van der Waals surface area contributed by atoms with E-state index in [1.165, 1.54) is 38.5 Å². The van der Waals surface area contributed by atoms with Crippen LogP contribution in [0.15, 0.2) is 0 Å². The van der Waals surface area contributed by atoms with Gasteiger partial charge in [-0.15, -0.1) is 0 Å². The van der Waals surface area contributed by atoms with Gasteiger partial charge in [-0.1, -0.05) is 19.3 Å². The summed E-state index contributed by atoms with van der Waals surface area (Å²) in [6.45, 7) is 2.62. The molecule has 128 valence electrons. The predicted molar refractivity (Wildman–Crippen MR) is 88.8 cm³/mol. The van der Waals surface area contributed by atoms with E-state index in [2.05, 4.69) is 9.80 Å². The van der Waals surface area contributed by atoms with Crippen LogP contribution in [0.4, 0.5) is 0 Å². The van der Waals surface area contributed by atoms with Crippen LogP contribution >= 0.6 is 0 Å². The average Bonchev–Trinajstić information content (AvgIpc) is 3.33. The van der Waals surface area contributed by atoms with Crippen molar-refractivity contribution in [2.75, 3.05) is 19.6 Å². The average molecular weight is 318 g/mol. The summed E-state index contributed by atoms with van der Waals surface area (Å²) in [4.78, 5) is 29.9. The first-order valence-corrected chi connectivity index (χ1v) is 9.77. The van der Waals surface area contributed by atoms with Crippen LogP contribution in [0.5, 0.6) is 0 Å². The van der Waals surface area contributed by atoms with Gasteiger partial charge in [0.2, 0.25) is 11.8 Å². The van der Waals surface area contributed by atoms with Crippen molar-refractivity contribution in [1.29, 1.82) is 0 Å². The first kappa shape index (κ1) is 15.5. The number of likely N-dealkylation sites (tertiary alicyclic amines) is 2. The van der Waals surface area contributed by atoms with Crippen LogP contribution < -0.4 is 0 Å². The van der Waals surface area contributed by atoms with Crippen molar-refractivity contribution in [2.45, 2.75) is 76.2 Å². The first-order chi connectivity index (χ1) is 11.2. The standard InChI is InChI=1S/C19H30N2O2/c22-17-12-19(14-20(17)13-15-8-9-15)10-4-5-11-21(19)18(23)16-6-2-1-3-7-16/h15-16H,1-14H2. The molecule has 2 aliphatic carbocycles. The summed E-state index contributed by atoms with van der Waals surface area (Å²) in [5.74, 6) is 1.62. The van der Waals surface area contributed by atoms with Crippen LogP contribution in [-0.2, 0) is 9.59 Å². The molecule has 2 aliphatic heterocycles. The number of piperidine rings is 1. The molecule has 0 N–H and O–H groups in total. The number of rotatable bonds is 3. The summed E-state index contributed by atoms with van der Waals surface area (Å²) in [7, 11) is 0. The lowest BCUT2D eigenvalue weighted by atomic mass is 9.82. The Morgan fingerprint density at radius 2 is 1.83 bits per heavy atom. The van der Waals surface area contributed by atoms with Crippen molar-refractivity contribution >= 4 is 11.8 Å². The smallest absolute Gasteiger partial charge is 0.226 e. The lowest BCUT2D eigenvalue weighted by Crippen LogP contribution is -2.57. The quantitative estimate of drug-likeness (QED) is 0.803. The van der Waals surface area contributed by atoms with E-state index in [4.69, 9.17) is 0 Å². The summed E-state index contributed by atoms with van der Waals surface area (Å²) in [6, 6.07) is 0. The molecule has 2 saturated carbocycles. The van der Waals surface area contributed by atoms with Crippen LogP contribution in [0.1, 0.15) is 70.6 Å². The summed E-state index contributed by atoms with van der Waals surface area (Å²) >= 11 is 0. The fourth-order valence-electron chi connectivity index (χ4n) is 5.03. The highest BCUT2D eigenvalue weighted by atomic mass is 16.2. The summed E-state index contributed by atoms with van der Waals surface area (Å²) in [5.41, 5.74) is -0.168. The molecule has 2 amide bonds. The Bertz CT molecular complexity index is 482. The van der Waals surface area contributed by atoms with Gasteiger partial charge in [0, 0.05) is 25.6 Å². The topological polar surface area (TPSA) is 40.6 Å². The monoisotopic (exact) mass is 318 g/mol. The molecule has 4 nitrogen and oxygen atoms in total. The second-order valence-corrected chi connectivity index (χ2v) is 8.40. The zero-order chi connectivity index (χ0) is 15.9. The Morgan fingerprint density at radius 3 is 2.57 bits per heavy atom. The van der Waals surface area contributed by atoms with Crippen molar-refractivity contribution in [1.82, 2.24) is 9.80 Å². The van der Waals surface area contributed by atoms with Gasteiger partial charge in [-0.2, -0.15) is 0 Å². The molecule has 0 bridgehead atoms. The highest BCUT2D eigenvalue weighted by Crippen LogP contribution is 2.41. The maximum absolute atomic E-state index is 13.2. The number of hydrogen-bond acceptors (Lipinski definition) is 2. The molecule has 0 aromatic heterocycles. The van der Waals surface area contributed by atoms with Crippen molar-refractivity contribution in [3.05, 3.63) is 0 Å². The maximum atomic E-state index is 13.2. The SMILES string of the molecule is O=C1CC2(CCCCN2C(=O)C2CCCCC2)CN1CC1CC1. The van der Waals surface area contributed by atoms with E-state index >= 15 is 0 Å². The summed E-state index contributed by atoms with van der Waals surface area (Å²) in [5, 5.41) is 0. The third kappa shape index (κ3) is 3.01. The minimum absolute atomic E-state index is 0.168. The van der Waals surface area contributed by atoms with Crippen LogP contribution in [-0.4, -0.2) is 46.8 Å². The Labute approximate surface area is 139 Å². The second kappa shape index (κ2) is 6.10. The van der Waals surface area contributed by atoms with Crippen LogP contribution in [0, 0.1) is 11.8 Å². The molecule has 1 unspecified atom stereocenters. The molecule has 0 radical (unpaired) electrons. The fourth-order valence-corrected chi connectivity index (χ4v) is 5.03. The zero-order valence-corrected chi connectivity index (χ0v) is 14.3. The molecule has 0 aromatic rings. The number of hydrogen-bond donors (Lipinski definition) is 0. The van der Waals surface area contributed by atoms with E-state index in [1.807, 2.05) is 0 Å². The molecule has 0 aromatic carbocycles. The zero-order valence-electron chi connectivity index (χ0n) is 14.3. The molecule has 4 aliphatic rings. The van der Waals surface area contributed by atoms with Gasteiger partial charge < -0.3 is 9.80 Å². The molecule has 2 heterocycles. The Kier molecular flexibility index (Phi) is 4.10. The van der Waals surface area contributed by atoms with Gasteiger partial charge in [-0.3, -0.25) is 9.59 Å². The summed E-state index contributed by atoms with van der Waals surface area (Å²) < 4.78 is 0. The van der Waals surface area contributed by atoms with E-state index in [9.17, 15) is 9.59 Å². The minimum atomic E-state index is -0.168. The molecular weight excluding hydrogens is 288 g/mol. The number of amides is 2. The Balaban J connectivity index is 1.50. The molecule has 4 rings (SSSR count). The molecule has 4 heteroatoms. The van der Waals surface area contributed by atoms with E-state index in [0.29, 0.717) is 18.2 Å². The molecule has 1 spiro atoms. The van der Waals surface area contributed by atoms with Gasteiger partial charge in [0.25, 0.3) is 0 Å². The van der Waals surface area contributed by atoms with Gasteiger partial charge in [0.1, 0.15) is 0 Å². The molecule has 1 atom stereocenters. The minimum Gasteiger partial charge on any atom is -0.340 e. The number of carbonyl (C=O) groups is 2. The first-order valence-electron chi connectivity index (χ1n) is 9.77. The lowest BCUT2D eigenvalue weighted by molar-refractivity contribution is -0.145. The highest BCUT2D eigenvalue weighted by molar-refractivity contribution is 5.85. The van der Waals surface area contributed by atoms with Crippen molar-refractivity contribution in [3.63, 3.8) is 0 Å². The van der Waals surface area contributed by atoms with Gasteiger partial charge in [0.15, 0.2) is 0 Å². The predicted octanol–water partition coefficient (Wildman–Crippen LogP) is 2.96. The largest absolute Gasteiger partial charge is 0.340 e. The van der Waals surface area contributed by atoms with E-state index in [-0.39, 0.29) is 11.5 Å². The number of nitrogens with zero attached hydrogens (tertiary/aromatic N) is 2. The molecular formula is C19H30N2O2. The maximum Gasteiger partial charge on any atom is 0.226 e. The molecule has 2 saturated heterocycles. The normalized spacial score (nSPS) is 32.8. The molecule has 23 heavy (non-hydrogen) atoms. The van der Waals surface area contributed by atoms with Gasteiger partial charge in [-0.25, -0.2) is 0 Å². The van der Waals surface area contributed by atoms with Gasteiger partial charge in [0.05, 0.1) is 12.0 Å². The Hall–Kier alpha value is -1.06. The lowest BCUT2D eigenvalue weighted by Gasteiger charge is -2.46. The summed E-state index contributed by atoms with van der Waals surface area (Å²) in [6.07, 6.45) is 12.2. The van der Waals surface area contributed by atoms with E-state index in [1.54, 1.807) is 0 Å². The van der Waals surface area contributed by atoms with Gasteiger partial charge in [-0.05, 0) is 50.9 Å². The fraction of sp³-hybridized carbons (Fsp3) is 0.895. The van der Waals surface area contributed by atoms with Crippen LogP contribution in [0.3, 0.4) is 0 Å². The van der Waals surface area contributed by atoms with E-state index in [0.717, 1.165) is 51.2 Å². The molecule has 4 fully saturated rings. The third-order valence-corrected chi connectivity index (χ3v) is 6.56. The van der Waals surface area contributed by atoms with Crippen molar-refractivity contribution in [2.24, 2.45) is 11.8 Å². The van der Waals surface area contributed by atoms with Gasteiger partial charge >= 0.3 is 0 Å². The third-order valence-electron chi connectivity index (χ3n) is 6.56. The number of carbonyl (C=O) groups excluding carboxylic acids is 2. The van der Waals surface area contributed by atoms with E-state index < -0.39 is 0 Å². The van der Waals surface area contributed by atoms with Crippen molar-refractivity contribution in [3.8, 4) is 0 Å².